The number of aromatic nitrogens is 2. The molecule has 17 heavy (non-hydrogen) atoms. The Morgan fingerprint density at radius 1 is 1.53 bits per heavy atom. The van der Waals surface area contributed by atoms with Crippen molar-refractivity contribution in [2.75, 3.05) is 12.3 Å². The van der Waals surface area contributed by atoms with Crippen LogP contribution in [0.5, 0.6) is 0 Å². The van der Waals surface area contributed by atoms with Crippen LogP contribution in [0.1, 0.15) is 12.6 Å². The molecule has 0 aromatic carbocycles. The van der Waals surface area contributed by atoms with Gasteiger partial charge in [0, 0.05) is 25.4 Å². The first-order valence-electron chi connectivity index (χ1n) is 4.67. The minimum absolute atomic E-state index is 0.0465. The molecular formula is C9H10F3N3OS. The summed E-state index contributed by atoms with van der Waals surface area (Å²) in [6.45, 7) is 1.73. The lowest BCUT2D eigenvalue weighted by Gasteiger charge is -2.06. The van der Waals surface area contributed by atoms with E-state index in [9.17, 15) is 18.0 Å². The second-order valence-corrected chi connectivity index (χ2v) is 4.12. The summed E-state index contributed by atoms with van der Waals surface area (Å²) in [5.74, 6) is 0.233. The third-order valence-electron chi connectivity index (χ3n) is 1.63. The molecule has 0 aliphatic rings. The molecule has 1 aromatic heterocycles. The molecule has 0 saturated heterocycles. The number of hydrogen-bond donors (Lipinski definition) is 1. The summed E-state index contributed by atoms with van der Waals surface area (Å²) in [5, 5.41) is 2.57. The fourth-order valence-electron chi connectivity index (χ4n) is 0.938. The maximum absolute atomic E-state index is 12.3. The Kier molecular flexibility index (Phi) is 4.73. The van der Waals surface area contributed by atoms with Crippen LogP contribution in [0.2, 0.25) is 0 Å². The van der Waals surface area contributed by atoms with Crippen LogP contribution >= 0.6 is 11.8 Å². The van der Waals surface area contributed by atoms with Gasteiger partial charge in [-0.1, -0.05) is 11.8 Å². The number of alkyl halides is 3. The van der Waals surface area contributed by atoms with Crippen molar-refractivity contribution in [1.82, 2.24) is 15.3 Å². The molecular weight excluding hydrogens is 255 g/mol. The highest BCUT2D eigenvalue weighted by molar-refractivity contribution is 7.99. The van der Waals surface area contributed by atoms with Gasteiger partial charge < -0.3 is 5.32 Å². The van der Waals surface area contributed by atoms with Crippen molar-refractivity contribution < 1.29 is 18.0 Å². The second-order valence-electron chi connectivity index (χ2n) is 3.05. The molecule has 1 aromatic rings. The Morgan fingerprint density at radius 3 is 2.82 bits per heavy atom. The maximum Gasteiger partial charge on any atom is 0.433 e. The van der Waals surface area contributed by atoms with E-state index in [1.807, 2.05) is 0 Å². The van der Waals surface area contributed by atoms with Crippen LogP contribution in [0, 0.1) is 0 Å². The molecule has 0 aliphatic heterocycles. The van der Waals surface area contributed by atoms with E-state index in [-0.39, 0.29) is 11.1 Å². The van der Waals surface area contributed by atoms with Crippen molar-refractivity contribution in [2.45, 2.75) is 18.3 Å². The molecule has 8 heteroatoms. The fourth-order valence-corrected chi connectivity index (χ4v) is 1.62. The first kappa shape index (κ1) is 13.8. The van der Waals surface area contributed by atoms with Crippen LogP contribution in [-0.4, -0.2) is 28.2 Å². The number of rotatable bonds is 4. The van der Waals surface area contributed by atoms with E-state index in [4.69, 9.17) is 0 Å². The van der Waals surface area contributed by atoms with E-state index < -0.39 is 11.9 Å². The van der Waals surface area contributed by atoms with E-state index in [1.54, 1.807) is 0 Å². The number of amides is 1. The first-order valence-corrected chi connectivity index (χ1v) is 5.65. The highest BCUT2D eigenvalue weighted by atomic mass is 32.2. The average molecular weight is 265 g/mol. The Hall–Kier alpha value is -1.31. The molecule has 0 unspecified atom stereocenters. The number of nitrogens with one attached hydrogen (secondary N) is 1. The smallest absolute Gasteiger partial charge is 0.356 e. The Morgan fingerprint density at radius 2 is 2.24 bits per heavy atom. The first-order chi connectivity index (χ1) is 7.89. The third kappa shape index (κ3) is 5.03. The second kappa shape index (κ2) is 5.85. The lowest BCUT2D eigenvalue weighted by atomic mass is 10.4. The van der Waals surface area contributed by atoms with Crippen LogP contribution in [0.3, 0.4) is 0 Å². The summed E-state index contributed by atoms with van der Waals surface area (Å²) in [6.07, 6.45) is -3.40. The topological polar surface area (TPSA) is 54.9 Å². The molecule has 0 spiro atoms. The van der Waals surface area contributed by atoms with Gasteiger partial charge in [-0.25, -0.2) is 9.97 Å². The van der Waals surface area contributed by atoms with Crippen molar-refractivity contribution >= 4 is 17.7 Å². The fraction of sp³-hybridized carbons (Fsp3) is 0.444. The van der Waals surface area contributed by atoms with Crippen LogP contribution in [0.25, 0.3) is 0 Å². The SMILES string of the molecule is CC(=O)NCCSc1nccc(C(F)(F)F)n1. The monoisotopic (exact) mass is 265 g/mol. The molecule has 0 aliphatic carbocycles. The van der Waals surface area contributed by atoms with Crippen molar-refractivity contribution in [3.8, 4) is 0 Å². The molecule has 1 rings (SSSR count). The Labute approximate surface area is 100 Å². The quantitative estimate of drug-likeness (QED) is 0.511. The largest absolute Gasteiger partial charge is 0.433 e. The van der Waals surface area contributed by atoms with Gasteiger partial charge in [0.15, 0.2) is 5.16 Å². The zero-order valence-electron chi connectivity index (χ0n) is 8.91. The van der Waals surface area contributed by atoms with Crippen molar-refractivity contribution in [2.24, 2.45) is 0 Å². The number of nitrogens with zero attached hydrogens (tertiary/aromatic N) is 2. The summed E-state index contributed by atoms with van der Waals surface area (Å²) in [4.78, 5) is 17.6. The molecule has 0 saturated carbocycles. The van der Waals surface area contributed by atoms with Gasteiger partial charge in [-0.3, -0.25) is 4.79 Å². The van der Waals surface area contributed by atoms with Crippen molar-refractivity contribution in [3.05, 3.63) is 18.0 Å². The molecule has 4 nitrogen and oxygen atoms in total. The minimum Gasteiger partial charge on any atom is -0.356 e. The lowest BCUT2D eigenvalue weighted by molar-refractivity contribution is -0.141. The van der Waals surface area contributed by atoms with Gasteiger partial charge in [0.05, 0.1) is 0 Å². The van der Waals surface area contributed by atoms with E-state index in [2.05, 4.69) is 15.3 Å². The highest BCUT2D eigenvalue weighted by Gasteiger charge is 2.32. The molecule has 0 radical (unpaired) electrons. The molecule has 0 atom stereocenters. The minimum atomic E-state index is -4.46. The third-order valence-corrected chi connectivity index (χ3v) is 2.49. The van der Waals surface area contributed by atoms with Gasteiger partial charge in [-0.05, 0) is 6.07 Å². The van der Waals surface area contributed by atoms with Gasteiger partial charge in [-0.2, -0.15) is 13.2 Å². The standard InChI is InChI=1S/C9H10F3N3OS/c1-6(16)13-4-5-17-8-14-3-2-7(15-8)9(10,11)12/h2-3H,4-5H2,1H3,(H,13,16). The molecule has 1 amide bonds. The summed E-state index contributed by atoms with van der Waals surface area (Å²) in [5.41, 5.74) is -0.963. The van der Waals surface area contributed by atoms with Gasteiger partial charge in [0.2, 0.25) is 5.91 Å². The van der Waals surface area contributed by atoms with Gasteiger partial charge in [-0.15, -0.1) is 0 Å². The van der Waals surface area contributed by atoms with Gasteiger partial charge in [0.25, 0.3) is 0 Å². The number of carbonyl (C=O) groups is 1. The summed E-state index contributed by atoms with van der Waals surface area (Å²) in [6, 6.07) is 0.817. The van der Waals surface area contributed by atoms with E-state index in [1.165, 1.54) is 6.92 Å². The molecule has 94 valence electrons. The molecule has 1 N–H and O–H groups in total. The van der Waals surface area contributed by atoms with Gasteiger partial charge >= 0.3 is 6.18 Å². The van der Waals surface area contributed by atoms with Crippen LogP contribution in [0.15, 0.2) is 17.4 Å². The van der Waals surface area contributed by atoms with E-state index in [0.29, 0.717) is 12.3 Å². The van der Waals surface area contributed by atoms with Crippen molar-refractivity contribution in [3.63, 3.8) is 0 Å². The van der Waals surface area contributed by atoms with Gasteiger partial charge in [0.1, 0.15) is 5.69 Å². The van der Waals surface area contributed by atoms with Crippen molar-refractivity contribution in [1.29, 1.82) is 0 Å². The van der Waals surface area contributed by atoms with Crippen LogP contribution in [0.4, 0.5) is 13.2 Å². The zero-order chi connectivity index (χ0) is 12.9. The Bertz CT molecular complexity index is 397. The molecule has 0 fully saturated rings. The van der Waals surface area contributed by atoms with Crippen LogP contribution in [-0.2, 0) is 11.0 Å². The number of hydrogen-bond acceptors (Lipinski definition) is 4. The lowest BCUT2D eigenvalue weighted by Crippen LogP contribution is -2.22. The Balaban J connectivity index is 2.52. The average Bonchev–Trinajstić information content (AvgIpc) is 2.23. The van der Waals surface area contributed by atoms with E-state index >= 15 is 0 Å². The van der Waals surface area contributed by atoms with E-state index in [0.717, 1.165) is 24.0 Å². The predicted octanol–water partition coefficient (Wildman–Crippen LogP) is 1.72. The maximum atomic E-state index is 12.3. The van der Waals surface area contributed by atoms with Crippen LogP contribution < -0.4 is 5.32 Å². The summed E-state index contributed by atoms with van der Waals surface area (Å²) < 4.78 is 36.9. The normalized spacial score (nSPS) is 11.3. The number of halogens is 3. The summed E-state index contributed by atoms with van der Waals surface area (Å²) in [7, 11) is 0. The number of carbonyl (C=O) groups excluding carboxylic acids is 1. The molecule has 1 heterocycles. The predicted molar refractivity (Wildman–Crippen MR) is 56.4 cm³/mol. The highest BCUT2D eigenvalue weighted by Crippen LogP contribution is 2.28. The zero-order valence-corrected chi connectivity index (χ0v) is 9.73. The summed E-state index contributed by atoms with van der Waals surface area (Å²) >= 11 is 1.06. The number of thioether (sulfide) groups is 1. The molecule has 0 bridgehead atoms.